The highest BCUT2D eigenvalue weighted by atomic mass is 32.2. The zero-order valence-corrected chi connectivity index (χ0v) is 18.2. The van der Waals surface area contributed by atoms with Crippen molar-refractivity contribution in [2.24, 2.45) is 5.14 Å². The summed E-state index contributed by atoms with van der Waals surface area (Å²) in [5.41, 5.74) is -2.52. The van der Waals surface area contributed by atoms with Gasteiger partial charge in [0.15, 0.2) is 11.5 Å². The Kier molecular flexibility index (Phi) is 5.78. The van der Waals surface area contributed by atoms with Gasteiger partial charge in [0.2, 0.25) is 10.0 Å². The number of sulfonamides is 1. The third kappa shape index (κ3) is 4.69. The van der Waals surface area contributed by atoms with Crippen molar-refractivity contribution in [2.45, 2.75) is 17.2 Å². The first kappa shape index (κ1) is 23.9. The van der Waals surface area contributed by atoms with Crippen molar-refractivity contribution < 1.29 is 34.8 Å². The Morgan fingerprint density at radius 3 is 2.24 bits per heavy atom. The molecule has 3 heterocycles. The van der Waals surface area contributed by atoms with E-state index in [1.54, 1.807) is 6.07 Å². The lowest BCUT2D eigenvalue weighted by Crippen LogP contribution is -2.14. The standard InChI is InChI=1S/C20H12F6N4O2S2/c21-19(22,23)13-5-2-8-28-18(13)30-14(10-17(29-30)20(24,25)26)16-7-6-15(33-16)11-3-1-4-12(9-11)34(27,31)32/h1-10H,(H2,27,31,32). The fourth-order valence-electron chi connectivity index (χ4n) is 3.10. The minimum absolute atomic E-state index is 0.151. The second-order valence-electron chi connectivity index (χ2n) is 6.93. The van der Waals surface area contributed by atoms with E-state index < -0.39 is 39.5 Å². The number of primary sulfonamides is 1. The molecule has 0 unspecified atom stereocenters. The van der Waals surface area contributed by atoms with Crippen molar-refractivity contribution in [1.82, 2.24) is 14.8 Å². The summed E-state index contributed by atoms with van der Waals surface area (Å²) in [4.78, 5) is 4.06. The first-order valence-electron chi connectivity index (χ1n) is 9.18. The van der Waals surface area contributed by atoms with Crippen LogP contribution in [-0.2, 0) is 22.4 Å². The molecule has 4 aromatic rings. The van der Waals surface area contributed by atoms with Crippen molar-refractivity contribution in [1.29, 1.82) is 0 Å². The smallest absolute Gasteiger partial charge is 0.237 e. The number of alkyl halides is 6. The lowest BCUT2D eigenvalue weighted by Gasteiger charge is -2.13. The van der Waals surface area contributed by atoms with Crippen molar-refractivity contribution in [3.05, 3.63) is 72.1 Å². The predicted octanol–water partition coefficient (Wildman–Crippen LogP) is 5.35. The highest BCUT2D eigenvalue weighted by Crippen LogP contribution is 2.40. The monoisotopic (exact) mass is 518 g/mol. The normalized spacial score (nSPS) is 12.8. The summed E-state index contributed by atoms with van der Waals surface area (Å²) in [5, 5.41) is 8.51. The quantitative estimate of drug-likeness (QED) is 0.369. The molecule has 6 nitrogen and oxygen atoms in total. The molecule has 0 saturated carbocycles. The maximum Gasteiger partial charge on any atom is 0.435 e. The van der Waals surface area contributed by atoms with Crippen LogP contribution < -0.4 is 5.14 Å². The van der Waals surface area contributed by atoms with Crippen LogP contribution in [0, 0.1) is 0 Å². The highest BCUT2D eigenvalue weighted by Gasteiger charge is 2.39. The number of aromatic nitrogens is 3. The molecule has 0 radical (unpaired) electrons. The number of nitrogens with zero attached hydrogens (tertiary/aromatic N) is 3. The number of rotatable bonds is 4. The van der Waals surface area contributed by atoms with Crippen molar-refractivity contribution >= 4 is 21.4 Å². The van der Waals surface area contributed by atoms with Gasteiger partial charge in [-0.1, -0.05) is 12.1 Å². The number of halogens is 6. The number of hydrogen-bond donors (Lipinski definition) is 1. The minimum Gasteiger partial charge on any atom is -0.237 e. The van der Waals surface area contributed by atoms with E-state index in [-0.39, 0.29) is 15.5 Å². The number of thiophene rings is 1. The molecule has 0 saturated heterocycles. The Morgan fingerprint density at radius 1 is 0.882 bits per heavy atom. The van der Waals surface area contributed by atoms with E-state index in [2.05, 4.69) is 10.1 Å². The molecule has 0 spiro atoms. The van der Waals surface area contributed by atoms with E-state index in [0.29, 0.717) is 27.3 Å². The maximum atomic E-state index is 13.5. The van der Waals surface area contributed by atoms with Crippen molar-refractivity contribution in [3.63, 3.8) is 0 Å². The van der Waals surface area contributed by atoms with Gasteiger partial charge in [0.05, 0.1) is 15.5 Å². The first-order chi connectivity index (χ1) is 15.7. The van der Waals surface area contributed by atoms with Crippen molar-refractivity contribution in [2.75, 3.05) is 0 Å². The van der Waals surface area contributed by atoms with Gasteiger partial charge in [0.1, 0.15) is 5.56 Å². The van der Waals surface area contributed by atoms with Crippen LogP contribution in [0.2, 0.25) is 0 Å². The molecule has 0 atom stereocenters. The minimum atomic E-state index is -4.92. The third-order valence-corrected chi connectivity index (χ3v) is 6.67. The van der Waals surface area contributed by atoms with Crippen LogP contribution in [0.15, 0.2) is 65.7 Å². The summed E-state index contributed by atoms with van der Waals surface area (Å²) >= 11 is 0.932. The molecule has 0 aliphatic carbocycles. The van der Waals surface area contributed by atoms with Gasteiger partial charge >= 0.3 is 12.4 Å². The summed E-state index contributed by atoms with van der Waals surface area (Å²) < 4.78 is 104. The Bertz CT molecular complexity index is 1470. The molecule has 0 aliphatic heterocycles. The molecule has 2 N–H and O–H groups in total. The van der Waals surface area contributed by atoms with Crippen LogP contribution in [0.3, 0.4) is 0 Å². The van der Waals surface area contributed by atoms with Gasteiger partial charge in [-0.3, -0.25) is 0 Å². The molecular formula is C20H12F6N4O2S2. The molecular weight excluding hydrogens is 506 g/mol. The second kappa shape index (κ2) is 8.21. The average molecular weight is 518 g/mol. The van der Waals surface area contributed by atoms with Crippen LogP contribution >= 0.6 is 11.3 Å². The number of benzene rings is 1. The Balaban J connectivity index is 1.88. The molecule has 14 heteroatoms. The lowest BCUT2D eigenvalue weighted by atomic mass is 10.2. The van der Waals surface area contributed by atoms with Crippen molar-refractivity contribution in [3.8, 4) is 26.8 Å². The second-order valence-corrected chi connectivity index (χ2v) is 9.58. The summed E-state index contributed by atoms with van der Waals surface area (Å²) in [6, 6.07) is 10.8. The number of nitrogens with two attached hydrogens (primary N) is 1. The highest BCUT2D eigenvalue weighted by molar-refractivity contribution is 7.89. The average Bonchev–Trinajstić information content (AvgIpc) is 3.40. The van der Waals surface area contributed by atoms with E-state index in [4.69, 9.17) is 5.14 Å². The van der Waals surface area contributed by atoms with Crippen LogP contribution in [0.4, 0.5) is 26.3 Å². The van der Waals surface area contributed by atoms with Crippen LogP contribution in [0.1, 0.15) is 11.3 Å². The van der Waals surface area contributed by atoms with E-state index in [1.165, 1.54) is 30.3 Å². The molecule has 1 aromatic carbocycles. The zero-order chi connectivity index (χ0) is 24.9. The van der Waals surface area contributed by atoms with Crippen LogP contribution in [-0.4, -0.2) is 23.2 Å². The molecule has 0 fully saturated rings. The van der Waals surface area contributed by atoms with E-state index in [0.717, 1.165) is 23.6 Å². The van der Waals surface area contributed by atoms with Crippen LogP contribution in [0.25, 0.3) is 26.8 Å². The number of hydrogen-bond acceptors (Lipinski definition) is 5. The van der Waals surface area contributed by atoms with Gasteiger partial charge in [-0.25, -0.2) is 23.2 Å². The summed E-state index contributed by atoms with van der Waals surface area (Å²) in [6.45, 7) is 0. The lowest BCUT2D eigenvalue weighted by molar-refractivity contribution is -0.141. The number of pyridine rings is 1. The Morgan fingerprint density at radius 2 is 1.59 bits per heavy atom. The van der Waals surface area contributed by atoms with Gasteiger partial charge in [-0.05, 0) is 48.0 Å². The third-order valence-electron chi connectivity index (χ3n) is 4.60. The molecule has 3 aromatic heterocycles. The maximum absolute atomic E-state index is 13.5. The van der Waals surface area contributed by atoms with Crippen LogP contribution in [0.5, 0.6) is 0 Å². The van der Waals surface area contributed by atoms with E-state index >= 15 is 0 Å². The summed E-state index contributed by atoms with van der Waals surface area (Å²) in [5.74, 6) is -0.813. The Labute approximate surface area is 192 Å². The van der Waals surface area contributed by atoms with E-state index in [9.17, 15) is 34.8 Å². The molecule has 0 amide bonds. The van der Waals surface area contributed by atoms with Gasteiger partial charge in [-0.2, -0.15) is 31.4 Å². The predicted molar refractivity (Wildman–Crippen MR) is 111 cm³/mol. The molecule has 178 valence electrons. The molecule has 0 aliphatic rings. The fraction of sp³-hybridized carbons (Fsp3) is 0.100. The van der Waals surface area contributed by atoms with Gasteiger partial charge in [0, 0.05) is 11.1 Å². The fourth-order valence-corrected chi connectivity index (χ4v) is 4.66. The summed E-state index contributed by atoms with van der Waals surface area (Å²) in [7, 11) is -4.00. The topological polar surface area (TPSA) is 90.9 Å². The first-order valence-corrected chi connectivity index (χ1v) is 11.5. The zero-order valence-electron chi connectivity index (χ0n) is 16.6. The molecule has 0 bridgehead atoms. The largest absolute Gasteiger partial charge is 0.435 e. The van der Waals surface area contributed by atoms with E-state index in [1.807, 2.05) is 0 Å². The molecule has 34 heavy (non-hydrogen) atoms. The van der Waals surface area contributed by atoms with Gasteiger partial charge < -0.3 is 0 Å². The van der Waals surface area contributed by atoms with Gasteiger partial charge in [-0.15, -0.1) is 11.3 Å². The Hall–Kier alpha value is -3.23. The van der Waals surface area contributed by atoms with Gasteiger partial charge in [0.25, 0.3) is 0 Å². The summed E-state index contributed by atoms with van der Waals surface area (Å²) in [6.07, 6.45) is -8.79. The SMILES string of the molecule is NS(=O)(=O)c1cccc(-c2ccc(-c3cc(C(F)(F)F)nn3-c3ncccc3C(F)(F)F)s2)c1. The molecule has 4 rings (SSSR count).